The minimum absolute atomic E-state index is 0.0160. The molecule has 9 heteroatoms. The second-order valence-electron chi connectivity index (χ2n) is 7.65. The Labute approximate surface area is 195 Å². The molecule has 4 rings (SSSR count). The molecule has 172 valence electrons. The van der Waals surface area contributed by atoms with E-state index in [2.05, 4.69) is 5.32 Å². The van der Waals surface area contributed by atoms with Crippen LogP contribution in [0.2, 0.25) is 0 Å². The first-order valence-electron chi connectivity index (χ1n) is 10.4. The molecule has 2 heterocycles. The summed E-state index contributed by atoms with van der Waals surface area (Å²) in [5, 5.41) is 12.1. The van der Waals surface area contributed by atoms with Gasteiger partial charge >= 0.3 is 5.97 Å². The van der Waals surface area contributed by atoms with Crippen molar-refractivity contribution in [3.05, 3.63) is 77.0 Å². The summed E-state index contributed by atoms with van der Waals surface area (Å²) in [6.07, 6.45) is 0.163. The number of carbonyl (C=O) groups is 3. The van der Waals surface area contributed by atoms with Crippen molar-refractivity contribution in [1.82, 2.24) is 10.2 Å². The highest BCUT2D eigenvalue weighted by molar-refractivity contribution is 8.00. The maximum Gasteiger partial charge on any atom is 0.355 e. The van der Waals surface area contributed by atoms with E-state index in [1.807, 2.05) is 30.3 Å². The van der Waals surface area contributed by atoms with Crippen molar-refractivity contribution in [2.45, 2.75) is 24.4 Å². The zero-order valence-electron chi connectivity index (χ0n) is 18.0. The number of β-lactam (4-membered cyclic amide) rings is 1. The predicted octanol–water partition coefficient (Wildman–Crippen LogP) is 1.63. The Balaban J connectivity index is 1.41. The van der Waals surface area contributed by atoms with E-state index in [9.17, 15) is 19.5 Å². The lowest BCUT2D eigenvalue weighted by atomic mass is 10.0. The average Bonchev–Trinajstić information content (AvgIpc) is 2.85. The fourth-order valence-electron chi connectivity index (χ4n) is 3.74. The summed E-state index contributed by atoms with van der Waals surface area (Å²) in [6.45, 7) is -0.344. The van der Waals surface area contributed by atoms with Crippen LogP contribution >= 0.6 is 11.8 Å². The third kappa shape index (κ3) is 4.89. The van der Waals surface area contributed by atoms with Crippen molar-refractivity contribution in [2.24, 2.45) is 0 Å². The molecule has 2 aliphatic heterocycles. The Morgan fingerprint density at radius 2 is 1.85 bits per heavy atom. The second kappa shape index (κ2) is 10.1. The highest BCUT2D eigenvalue weighted by atomic mass is 32.2. The summed E-state index contributed by atoms with van der Waals surface area (Å²) >= 11 is 1.40. The third-order valence-corrected chi connectivity index (χ3v) is 6.82. The van der Waals surface area contributed by atoms with E-state index in [1.54, 1.807) is 31.4 Å². The predicted molar refractivity (Wildman–Crippen MR) is 122 cm³/mol. The Kier molecular flexibility index (Phi) is 7.00. The maximum atomic E-state index is 12.9. The van der Waals surface area contributed by atoms with Crippen LogP contribution in [0.3, 0.4) is 0 Å². The number of hydrogen-bond acceptors (Lipinski definition) is 7. The van der Waals surface area contributed by atoms with E-state index < -0.39 is 23.3 Å². The number of rotatable bonds is 8. The molecule has 0 saturated carbocycles. The fourth-order valence-corrected chi connectivity index (χ4v) is 5.07. The first-order chi connectivity index (χ1) is 16.0. The van der Waals surface area contributed by atoms with E-state index in [0.29, 0.717) is 17.1 Å². The number of aliphatic hydroxyl groups excluding tert-OH is 1. The van der Waals surface area contributed by atoms with E-state index in [-0.39, 0.29) is 31.2 Å². The van der Waals surface area contributed by atoms with Gasteiger partial charge in [-0.3, -0.25) is 14.5 Å². The molecular weight excluding hydrogens is 444 g/mol. The molecule has 0 radical (unpaired) electrons. The van der Waals surface area contributed by atoms with Gasteiger partial charge in [-0.15, -0.1) is 11.8 Å². The van der Waals surface area contributed by atoms with Crippen LogP contribution in [-0.4, -0.2) is 58.7 Å². The number of benzene rings is 2. The number of aliphatic hydroxyl groups is 1. The lowest BCUT2D eigenvalue weighted by molar-refractivity contribution is -0.153. The molecule has 2 aromatic rings. The van der Waals surface area contributed by atoms with Gasteiger partial charge in [0.05, 0.1) is 20.1 Å². The number of ether oxygens (including phenoxy) is 2. The minimum Gasteiger partial charge on any atom is -0.497 e. The molecular formula is C24H24N2O6S. The van der Waals surface area contributed by atoms with Gasteiger partial charge < -0.3 is 19.9 Å². The lowest BCUT2D eigenvalue weighted by Gasteiger charge is -2.49. The highest BCUT2D eigenvalue weighted by Gasteiger charge is 2.54. The molecule has 0 bridgehead atoms. The van der Waals surface area contributed by atoms with E-state index in [1.165, 1.54) is 16.7 Å². The first-order valence-corrected chi connectivity index (χ1v) is 11.5. The highest BCUT2D eigenvalue weighted by Crippen LogP contribution is 2.40. The topological polar surface area (TPSA) is 105 Å². The van der Waals surface area contributed by atoms with Gasteiger partial charge in [0.15, 0.2) is 0 Å². The molecule has 1 fully saturated rings. The molecule has 0 spiro atoms. The van der Waals surface area contributed by atoms with Crippen LogP contribution in [0, 0.1) is 0 Å². The summed E-state index contributed by atoms with van der Waals surface area (Å²) < 4.78 is 10.5. The number of hydrogen-bond donors (Lipinski definition) is 2. The summed E-state index contributed by atoms with van der Waals surface area (Å²) in [7, 11) is 1.57. The smallest absolute Gasteiger partial charge is 0.355 e. The van der Waals surface area contributed by atoms with Crippen LogP contribution in [0.1, 0.15) is 11.1 Å². The zero-order chi connectivity index (χ0) is 23.4. The molecule has 2 amide bonds. The summed E-state index contributed by atoms with van der Waals surface area (Å²) in [6, 6.07) is 15.6. The molecule has 0 aromatic heterocycles. The van der Waals surface area contributed by atoms with Gasteiger partial charge in [0.2, 0.25) is 5.91 Å². The first kappa shape index (κ1) is 22.9. The third-order valence-electron chi connectivity index (χ3n) is 5.48. The van der Waals surface area contributed by atoms with Gasteiger partial charge in [-0.1, -0.05) is 42.5 Å². The Morgan fingerprint density at radius 3 is 2.52 bits per heavy atom. The number of fused-ring (bicyclic) bond motifs is 1. The number of nitrogens with zero attached hydrogens (tertiary/aromatic N) is 1. The Morgan fingerprint density at radius 1 is 1.12 bits per heavy atom. The number of thioether (sulfide) groups is 1. The van der Waals surface area contributed by atoms with Crippen LogP contribution in [0.4, 0.5) is 0 Å². The summed E-state index contributed by atoms with van der Waals surface area (Å²) in [5.41, 5.74) is 2.10. The molecule has 1 saturated heterocycles. The van der Waals surface area contributed by atoms with Crippen molar-refractivity contribution in [1.29, 1.82) is 0 Å². The molecule has 2 aliphatic rings. The molecule has 0 aliphatic carbocycles. The number of nitrogens with one attached hydrogen (secondary N) is 1. The largest absolute Gasteiger partial charge is 0.497 e. The second-order valence-corrected chi connectivity index (χ2v) is 8.76. The van der Waals surface area contributed by atoms with E-state index in [0.717, 1.165) is 11.1 Å². The van der Waals surface area contributed by atoms with Crippen molar-refractivity contribution in [3.63, 3.8) is 0 Å². The van der Waals surface area contributed by atoms with Crippen molar-refractivity contribution in [2.75, 3.05) is 19.5 Å². The minimum atomic E-state index is -0.726. The number of carbonyl (C=O) groups excluding carboxylic acids is 3. The van der Waals surface area contributed by atoms with Crippen LogP contribution in [0.25, 0.3) is 0 Å². The lowest BCUT2D eigenvalue weighted by Crippen LogP contribution is -2.70. The Hall–Kier alpha value is -3.30. The van der Waals surface area contributed by atoms with E-state index in [4.69, 9.17) is 9.47 Å². The van der Waals surface area contributed by atoms with E-state index >= 15 is 0 Å². The molecule has 2 aromatic carbocycles. The standard InChI is InChI=1S/C24H24N2O6S/c1-31-18-9-7-16(8-10-18)13-32-24(30)21-17(12-27)14-33-23-20(22(29)26(21)23)25-19(28)11-15-5-3-2-4-6-15/h2-10,20,23,27H,11-14H2,1H3,(H,25,28)/t20-,23-/m0/s1. The quantitative estimate of drug-likeness (QED) is 0.448. The molecule has 2 N–H and O–H groups in total. The van der Waals surface area contributed by atoms with Gasteiger partial charge in [-0.25, -0.2) is 4.79 Å². The van der Waals surface area contributed by atoms with Crippen molar-refractivity contribution >= 4 is 29.5 Å². The van der Waals surface area contributed by atoms with Crippen LogP contribution in [0.15, 0.2) is 65.9 Å². The molecule has 8 nitrogen and oxygen atoms in total. The van der Waals surface area contributed by atoms with Crippen LogP contribution < -0.4 is 10.1 Å². The maximum absolute atomic E-state index is 12.9. The normalized spacial score (nSPS) is 19.5. The van der Waals surface area contributed by atoms with Crippen molar-refractivity contribution in [3.8, 4) is 5.75 Å². The fraction of sp³-hybridized carbons (Fsp3) is 0.292. The SMILES string of the molecule is COc1ccc(COC(=O)C2=C(CO)CS[C@H]3[C@@H](NC(=O)Cc4ccccc4)C(=O)N23)cc1. The van der Waals surface area contributed by atoms with Gasteiger partial charge in [0, 0.05) is 5.75 Å². The van der Waals surface area contributed by atoms with Crippen LogP contribution in [-0.2, 0) is 32.1 Å². The van der Waals surface area contributed by atoms with Crippen LogP contribution in [0.5, 0.6) is 5.75 Å². The molecule has 33 heavy (non-hydrogen) atoms. The van der Waals surface area contributed by atoms with Gasteiger partial charge in [0.25, 0.3) is 5.91 Å². The Bertz CT molecular complexity index is 1070. The number of methoxy groups -OCH3 is 1. The average molecular weight is 469 g/mol. The van der Waals surface area contributed by atoms with Gasteiger partial charge in [-0.05, 0) is 28.8 Å². The summed E-state index contributed by atoms with van der Waals surface area (Å²) in [5.74, 6) is -0.281. The molecule has 0 unspecified atom stereocenters. The van der Waals surface area contributed by atoms with Crippen molar-refractivity contribution < 1.29 is 29.0 Å². The number of esters is 1. The monoisotopic (exact) mass is 468 g/mol. The summed E-state index contributed by atoms with van der Waals surface area (Å²) in [4.78, 5) is 39.5. The molecule has 2 atom stereocenters. The number of amides is 2. The zero-order valence-corrected chi connectivity index (χ0v) is 18.8. The van der Waals surface area contributed by atoms with Gasteiger partial charge in [0.1, 0.15) is 29.5 Å². The van der Waals surface area contributed by atoms with Gasteiger partial charge in [-0.2, -0.15) is 0 Å².